The van der Waals surface area contributed by atoms with Crippen LogP contribution in [-0.2, 0) is 6.54 Å². The average Bonchev–Trinajstić information content (AvgIpc) is 2.77. The largest absolute Gasteiger partial charge is 0.494 e. The summed E-state index contributed by atoms with van der Waals surface area (Å²) in [5.74, 6) is 0.150. The lowest BCUT2D eigenvalue weighted by Crippen LogP contribution is -1.87. The Morgan fingerprint density at radius 1 is 1.24 bits per heavy atom. The lowest BCUT2D eigenvalue weighted by Gasteiger charge is -2.00. The zero-order chi connectivity index (χ0) is 14.8. The molecule has 0 atom stereocenters. The molecule has 3 aromatic rings. The molecule has 2 aromatic carbocycles. The van der Waals surface area contributed by atoms with Crippen LogP contribution in [0.15, 0.2) is 51.9 Å². The standard InChI is InChI=1S/C17H15BrN2O/c1-11-4-2-3-5-12(11)9-19-10-15-14-8-13(18)6-7-16(14)20-17(15)21/h2-8,10,20-21H,9H2,1H3. The lowest BCUT2D eigenvalue weighted by atomic mass is 10.1. The number of nitrogens with one attached hydrogen (secondary N) is 1. The third-order valence-electron chi connectivity index (χ3n) is 3.52. The van der Waals surface area contributed by atoms with Crippen LogP contribution in [0.1, 0.15) is 16.7 Å². The van der Waals surface area contributed by atoms with Crippen LogP contribution < -0.4 is 0 Å². The minimum atomic E-state index is 0.150. The predicted octanol–water partition coefficient (Wildman–Crippen LogP) is 4.56. The average molecular weight is 343 g/mol. The third kappa shape index (κ3) is 2.85. The van der Waals surface area contributed by atoms with Crippen molar-refractivity contribution < 1.29 is 5.11 Å². The highest BCUT2D eigenvalue weighted by molar-refractivity contribution is 9.10. The summed E-state index contributed by atoms with van der Waals surface area (Å²) in [4.78, 5) is 7.42. The van der Waals surface area contributed by atoms with E-state index in [4.69, 9.17) is 0 Å². The van der Waals surface area contributed by atoms with E-state index < -0.39 is 0 Å². The molecule has 2 N–H and O–H groups in total. The molecule has 0 aliphatic carbocycles. The quantitative estimate of drug-likeness (QED) is 0.673. The van der Waals surface area contributed by atoms with Gasteiger partial charge in [-0.15, -0.1) is 0 Å². The number of H-pyrrole nitrogens is 1. The maximum absolute atomic E-state index is 10.0. The molecule has 0 aliphatic rings. The normalized spacial score (nSPS) is 11.5. The van der Waals surface area contributed by atoms with Crippen molar-refractivity contribution in [1.29, 1.82) is 0 Å². The zero-order valence-corrected chi connectivity index (χ0v) is 13.2. The van der Waals surface area contributed by atoms with Gasteiger partial charge in [0.25, 0.3) is 0 Å². The maximum atomic E-state index is 10.0. The predicted molar refractivity (Wildman–Crippen MR) is 90.1 cm³/mol. The monoisotopic (exact) mass is 342 g/mol. The zero-order valence-electron chi connectivity index (χ0n) is 11.6. The Morgan fingerprint density at radius 3 is 2.86 bits per heavy atom. The Balaban J connectivity index is 1.91. The molecule has 0 bridgehead atoms. The Labute approximate surface area is 131 Å². The summed E-state index contributed by atoms with van der Waals surface area (Å²) in [6, 6.07) is 14.0. The van der Waals surface area contributed by atoms with Gasteiger partial charge in [0.1, 0.15) is 0 Å². The second-order valence-electron chi connectivity index (χ2n) is 4.97. The SMILES string of the molecule is Cc1ccccc1CN=Cc1c(O)[nH]c2ccc(Br)cc12. The van der Waals surface area contributed by atoms with Gasteiger partial charge in [0, 0.05) is 21.6 Å². The number of fused-ring (bicyclic) bond motifs is 1. The number of rotatable bonds is 3. The van der Waals surface area contributed by atoms with E-state index in [9.17, 15) is 5.11 Å². The molecular weight excluding hydrogens is 328 g/mol. The highest BCUT2D eigenvalue weighted by Crippen LogP contribution is 2.28. The van der Waals surface area contributed by atoms with E-state index in [0.717, 1.165) is 20.9 Å². The number of hydrogen-bond donors (Lipinski definition) is 2. The number of aromatic amines is 1. The number of nitrogens with zero attached hydrogens (tertiary/aromatic N) is 1. The fraction of sp³-hybridized carbons (Fsp3) is 0.118. The van der Waals surface area contributed by atoms with Gasteiger partial charge in [-0.25, -0.2) is 0 Å². The smallest absolute Gasteiger partial charge is 0.198 e. The van der Waals surface area contributed by atoms with Crippen molar-refractivity contribution in [2.75, 3.05) is 0 Å². The molecule has 21 heavy (non-hydrogen) atoms. The molecule has 3 rings (SSSR count). The van der Waals surface area contributed by atoms with Gasteiger partial charge in [-0.05, 0) is 36.2 Å². The van der Waals surface area contributed by atoms with Crippen molar-refractivity contribution in [2.24, 2.45) is 4.99 Å². The van der Waals surface area contributed by atoms with Gasteiger partial charge < -0.3 is 10.1 Å². The Hall–Kier alpha value is -2.07. The molecule has 3 nitrogen and oxygen atoms in total. The molecule has 0 amide bonds. The molecule has 1 heterocycles. The Kier molecular flexibility index (Phi) is 3.80. The molecule has 0 aliphatic heterocycles. The first-order valence-electron chi connectivity index (χ1n) is 6.69. The van der Waals surface area contributed by atoms with Crippen LogP contribution in [0.3, 0.4) is 0 Å². The fourth-order valence-corrected chi connectivity index (χ4v) is 2.69. The molecule has 1 aromatic heterocycles. The number of aromatic hydroxyl groups is 1. The van der Waals surface area contributed by atoms with E-state index >= 15 is 0 Å². The van der Waals surface area contributed by atoms with Gasteiger partial charge in [0.15, 0.2) is 5.88 Å². The summed E-state index contributed by atoms with van der Waals surface area (Å²) >= 11 is 3.45. The molecule has 106 valence electrons. The van der Waals surface area contributed by atoms with Gasteiger partial charge in [0.05, 0.1) is 12.1 Å². The number of aryl methyl sites for hydroxylation is 1. The van der Waals surface area contributed by atoms with Crippen LogP contribution in [0, 0.1) is 6.92 Å². The van der Waals surface area contributed by atoms with Crippen LogP contribution in [-0.4, -0.2) is 16.3 Å². The van der Waals surface area contributed by atoms with Gasteiger partial charge in [-0.1, -0.05) is 40.2 Å². The molecule has 0 fully saturated rings. The number of hydrogen-bond acceptors (Lipinski definition) is 2. The maximum Gasteiger partial charge on any atom is 0.198 e. The van der Waals surface area contributed by atoms with Crippen molar-refractivity contribution in [3.8, 4) is 5.88 Å². The third-order valence-corrected chi connectivity index (χ3v) is 4.02. The molecule has 0 saturated heterocycles. The Morgan fingerprint density at radius 2 is 2.05 bits per heavy atom. The molecule has 0 unspecified atom stereocenters. The molecule has 0 saturated carbocycles. The fourth-order valence-electron chi connectivity index (χ4n) is 2.32. The van der Waals surface area contributed by atoms with E-state index in [0.29, 0.717) is 6.54 Å². The molecule has 4 heteroatoms. The van der Waals surface area contributed by atoms with Gasteiger partial charge >= 0.3 is 0 Å². The van der Waals surface area contributed by atoms with Gasteiger partial charge in [-0.2, -0.15) is 0 Å². The summed E-state index contributed by atoms with van der Waals surface area (Å²) < 4.78 is 0.975. The highest BCUT2D eigenvalue weighted by Gasteiger charge is 2.08. The van der Waals surface area contributed by atoms with Crippen LogP contribution >= 0.6 is 15.9 Å². The molecule has 0 spiro atoms. The van der Waals surface area contributed by atoms with Gasteiger partial charge in [0.2, 0.25) is 0 Å². The minimum absolute atomic E-state index is 0.150. The topological polar surface area (TPSA) is 48.4 Å². The first kappa shape index (κ1) is 13.9. The first-order chi connectivity index (χ1) is 10.1. The second kappa shape index (κ2) is 5.74. The number of aliphatic imine (C=N–C) groups is 1. The van der Waals surface area contributed by atoms with E-state index in [-0.39, 0.29) is 5.88 Å². The van der Waals surface area contributed by atoms with Crippen LogP contribution in [0.4, 0.5) is 0 Å². The van der Waals surface area contributed by atoms with Crippen LogP contribution in [0.25, 0.3) is 10.9 Å². The molecule has 0 radical (unpaired) electrons. The van der Waals surface area contributed by atoms with Crippen molar-refractivity contribution in [1.82, 2.24) is 4.98 Å². The van der Waals surface area contributed by atoms with Crippen molar-refractivity contribution >= 4 is 33.0 Å². The van der Waals surface area contributed by atoms with E-state index in [2.05, 4.69) is 45.0 Å². The second-order valence-corrected chi connectivity index (χ2v) is 5.89. The first-order valence-corrected chi connectivity index (χ1v) is 7.49. The molecular formula is C17H15BrN2O. The summed E-state index contributed by atoms with van der Waals surface area (Å²) in [5, 5.41) is 11.0. The Bertz CT molecular complexity index is 821. The van der Waals surface area contributed by atoms with Crippen molar-refractivity contribution in [3.05, 3.63) is 63.6 Å². The number of benzene rings is 2. The van der Waals surface area contributed by atoms with Crippen LogP contribution in [0.2, 0.25) is 0 Å². The van der Waals surface area contributed by atoms with E-state index in [1.165, 1.54) is 11.1 Å². The summed E-state index contributed by atoms with van der Waals surface area (Å²) in [6.45, 7) is 2.68. The summed E-state index contributed by atoms with van der Waals surface area (Å²) in [7, 11) is 0. The van der Waals surface area contributed by atoms with Crippen molar-refractivity contribution in [3.63, 3.8) is 0 Å². The van der Waals surface area contributed by atoms with E-state index in [1.54, 1.807) is 6.21 Å². The van der Waals surface area contributed by atoms with Gasteiger partial charge in [-0.3, -0.25) is 4.99 Å². The highest BCUT2D eigenvalue weighted by atomic mass is 79.9. The number of halogens is 1. The lowest BCUT2D eigenvalue weighted by molar-refractivity contribution is 0.457. The number of aromatic nitrogens is 1. The minimum Gasteiger partial charge on any atom is -0.494 e. The summed E-state index contributed by atoms with van der Waals surface area (Å²) in [6.07, 6.45) is 1.73. The van der Waals surface area contributed by atoms with Crippen LogP contribution in [0.5, 0.6) is 5.88 Å². The van der Waals surface area contributed by atoms with E-state index in [1.807, 2.05) is 30.3 Å². The summed E-state index contributed by atoms with van der Waals surface area (Å²) in [5.41, 5.74) is 4.03. The van der Waals surface area contributed by atoms with Crippen molar-refractivity contribution in [2.45, 2.75) is 13.5 Å².